The summed E-state index contributed by atoms with van der Waals surface area (Å²) in [6, 6.07) is 11.6. The molecule has 0 saturated heterocycles. The molecule has 0 spiro atoms. The monoisotopic (exact) mass is 462 g/mol. The van der Waals surface area contributed by atoms with Crippen LogP contribution in [0.15, 0.2) is 48.5 Å². The molecule has 0 aliphatic rings. The van der Waals surface area contributed by atoms with E-state index in [0.717, 1.165) is 25.7 Å². The van der Waals surface area contributed by atoms with Gasteiger partial charge in [0.05, 0.1) is 35.5 Å². The number of benzene rings is 2. The molecule has 9 nitrogen and oxygen atoms in total. The Kier molecular flexibility index (Phi) is 14.2. The minimum atomic E-state index is -1.05. The van der Waals surface area contributed by atoms with Crippen molar-refractivity contribution in [2.75, 3.05) is 13.2 Å². The Bertz CT molecular complexity index is 846. The lowest BCUT2D eigenvalue weighted by molar-refractivity contribution is 0.0490. The Balaban J connectivity index is 0.000000602. The van der Waals surface area contributed by atoms with Crippen LogP contribution in [0.25, 0.3) is 0 Å². The van der Waals surface area contributed by atoms with Gasteiger partial charge in [-0.05, 0) is 49.2 Å². The van der Waals surface area contributed by atoms with Gasteiger partial charge in [-0.15, -0.1) is 0 Å². The van der Waals surface area contributed by atoms with Crippen molar-refractivity contribution in [1.82, 2.24) is 0 Å². The quantitative estimate of drug-likeness (QED) is 0.398. The molecule has 0 aliphatic carbocycles. The summed E-state index contributed by atoms with van der Waals surface area (Å²) in [6.45, 7) is 4.73. The Morgan fingerprint density at radius 2 is 1.00 bits per heavy atom. The van der Waals surface area contributed by atoms with E-state index in [4.69, 9.17) is 19.7 Å². The molecule has 2 rings (SSSR count). The van der Waals surface area contributed by atoms with E-state index in [0.29, 0.717) is 13.2 Å². The van der Waals surface area contributed by atoms with Crippen LogP contribution in [-0.4, -0.2) is 52.8 Å². The zero-order valence-electron chi connectivity index (χ0n) is 18.7. The zero-order chi connectivity index (χ0) is 23.9. The van der Waals surface area contributed by atoms with Crippen molar-refractivity contribution in [2.24, 2.45) is 0 Å². The summed E-state index contributed by atoms with van der Waals surface area (Å²) >= 11 is 0. The van der Waals surface area contributed by atoms with Crippen molar-refractivity contribution < 1.29 is 44.3 Å². The summed E-state index contributed by atoms with van der Waals surface area (Å²) in [5.41, 5.74) is 0.724. The minimum absolute atomic E-state index is 0. The van der Waals surface area contributed by atoms with Crippen LogP contribution in [0.2, 0.25) is 0 Å². The lowest BCUT2D eigenvalue weighted by atomic mass is 10.1. The number of carboxylic acids is 2. The maximum atomic E-state index is 11.5. The number of hydrogen-bond donors (Lipinski definition) is 2. The van der Waals surface area contributed by atoms with Gasteiger partial charge in [0, 0.05) is 0 Å². The van der Waals surface area contributed by atoms with E-state index in [1.807, 2.05) is 13.8 Å². The molecule has 0 aliphatic heterocycles. The van der Waals surface area contributed by atoms with E-state index >= 15 is 0 Å². The fraction of sp³-hybridized carbons (Fsp3) is 0.333. The summed E-state index contributed by atoms with van der Waals surface area (Å²) in [6.07, 6.45) is 3.51. The van der Waals surface area contributed by atoms with Crippen LogP contribution >= 0.6 is 0 Å². The highest BCUT2D eigenvalue weighted by Crippen LogP contribution is 2.08. The van der Waals surface area contributed by atoms with Crippen LogP contribution in [0.5, 0.6) is 0 Å². The van der Waals surface area contributed by atoms with Crippen LogP contribution in [0, 0.1) is 0 Å². The lowest BCUT2D eigenvalue weighted by Crippen LogP contribution is -2.07. The molecule has 9 heteroatoms. The predicted octanol–water partition coefficient (Wildman–Crippen LogP) is 3.86. The molecule has 2 aromatic carbocycles. The lowest BCUT2D eigenvalue weighted by Gasteiger charge is -2.04. The Morgan fingerprint density at radius 3 is 1.30 bits per heavy atom. The summed E-state index contributed by atoms with van der Waals surface area (Å²) in [5, 5.41) is 17.5. The third-order valence-corrected chi connectivity index (χ3v) is 4.15. The molecule has 0 bridgehead atoms. The largest absolute Gasteiger partial charge is 0.478 e. The maximum Gasteiger partial charge on any atom is 0.338 e. The molecule has 0 heterocycles. The van der Waals surface area contributed by atoms with Gasteiger partial charge in [0.1, 0.15) is 0 Å². The van der Waals surface area contributed by atoms with Gasteiger partial charge >= 0.3 is 23.9 Å². The van der Waals surface area contributed by atoms with Crippen molar-refractivity contribution in [3.63, 3.8) is 0 Å². The van der Waals surface area contributed by atoms with Crippen molar-refractivity contribution in [3.8, 4) is 0 Å². The van der Waals surface area contributed by atoms with Gasteiger partial charge in [-0.1, -0.05) is 38.8 Å². The molecule has 4 N–H and O–H groups in total. The molecule has 0 saturated carbocycles. The third-order valence-electron chi connectivity index (χ3n) is 4.15. The van der Waals surface area contributed by atoms with E-state index in [1.54, 1.807) is 12.1 Å². The fourth-order valence-electron chi connectivity index (χ4n) is 2.34. The van der Waals surface area contributed by atoms with Gasteiger partial charge in [-0.3, -0.25) is 0 Å². The standard InChI is InChI=1S/2C12H14O4.H2O/c2*1-2-3-7-16-12(15)10-6-4-5-9(8-10)11(13)14;/h2*4-6,8H,2-3,7H2,1H3,(H,13,14);1H2. The first-order valence-corrected chi connectivity index (χ1v) is 10.3. The topological polar surface area (TPSA) is 159 Å². The Morgan fingerprint density at radius 1 is 0.667 bits per heavy atom. The molecule has 2 aromatic rings. The van der Waals surface area contributed by atoms with Crippen molar-refractivity contribution in [3.05, 3.63) is 70.8 Å². The first kappa shape index (κ1) is 29.3. The molecule has 0 atom stereocenters. The normalized spacial score (nSPS) is 9.52. The second-order valence-corrected chi connectivity index (χ2v) is 6.75. The van der Waals surface area contributed by atoms with Crippen molar-refractivity contribution in [2.45, 2.75) is 39.5 Å². The Hall–Kier alpha value is -3.72. The van der Waals surface area contributed by atoms with Gasteiger partial charge in [0.2, 0.25) is 0 Å². The SMILES string of the molecule is CCCCOC(=O)c1cccc(C(=O)O)c1.CCCCOC(=O)c1cccc(C(=O)O)c1.O. The average molecular weight is 462 g/mol. The van der Waals surface area contributed by atoms with Crippen LogP contribution in [-0.2, 0) is 9.47 Å². The van der Waals surface area contributed by atoms with Crippen molar-refractivity contribution >= 4 is 23.9 Å². The van der Waals surface area contributed by atoms with E-state index in [1.165, 1.54) is 36.4 Å². The number of esters is 2. The molecule has 0 unspecified atom stereocenters. The smallest absolute Gasteiger partial charge is 0.338 e. The number of rotatable bonds is 10. The highest BCUT2D eigenvalue weighted by Gasteiger charge is 2.11. The maximum absolute atomic E-state index is 11.5. The number of carboxylic acid groups (broad SMARTS) is 2. The molecule has 33 heavy (non-hydrogen) atoms. The van der Waals surface area contributed by atoms with E-state index in [-0.39, 0.29) is 27.7 Å². The average Bonchev–Trinajstić information content (AvgIpc) is 2.79. The summed E-state index contributed by atoms with van der Waals surface area (Å²) in [5.74, 6) is -3.06. The van der Waals surface area contributed by atoms with Gasteiger partial charge in [-0.2, -0.15) is 0 Å². The van der Waals surface area contributed by atoms with Crippen LogP contribution in [0.3, 0.4) is 0 Å². The zero-order valence-corrected chi connectivity index (χ0v) is 18.7. The van der Waals surface area contributed by atoms with E-state index in [9.17, 15) is 19.2 Å². The predicted molar refractivity (Wildman–Crippen MR) is 121 cm³/mol. The first-order chi connectivity index (χ1) is 15.3. The summed E-state index contributed by atoms with van der Waals surface area (Å²) < 4.78 is 9.94. The first-order valence-electron chi connectivity index (χ1n) is 10.3. The fourth-order valence-corrected chi connectivity index (χ4v) is 2.34. The molecular weight excluding hydrogens is 432 g/mol. The second kappa shape index (κ2) is 16.0. The van der Waals surface area contributed by atoms with Crippen LogP contribution in [0.1, 0.15) is 81.0 Å². The molecular formula is C24H30O9. The molecule has 0 amide bonds. The second-order valence-electron chi connectivity index (χ2n) is 6.75. The number of carbonyl (C=O) groups excluding carboxylic acids is 2. The highest BCUT2D eigenvalue weighted by atomic mass is 16.5. The number of hydrogen-bond acceptors (Lipinski definition) is 6. The molecule has 180 valence electrons. The molecule has 0 fully saturated rings. The van der Waals surface area contributed by atoms with Gasteiger partial charge < -0.3 is 25.2 Å². The highest BCUT2D eigenvalue weighted by molar-refractivity contribution is 5.95. The van der Waals surface area contributed by atoms with Gasteiger partial charge in [0.25, 0.3) is 0 Å². The van der Waals surface area contributed by atoms with E-state index < -0.39 is 23.9 Å². The number of ether oxygens (including phenoxy) is 2. The molecule has 0 radical (unpaired) electrons. The van der Waals surface area contributed by atoms with Crippen molar-refractivity contribution in [1.29, 1.82) is 0 Å². The van der Waals surface area contributed by atoms with Gasteiger partial charge in [-0.25, -0.2) is 19.2 Å². The minimum Gasteiger partial charge on any atom is -0.478 e. The number of aromatic carboxylic acids is 2. The third kappa shape index (κ3) is 10.9. The Labute approximate surface area is 192 Å². The van der Waals surface area contributed by atoms with E-state index in [2.05, 4.69) is 0 Å². The van der Waals surface area contributed by atoms with Crippen LogP contribution < -0.4 is 0 Å². The summed E-state index contributed by atoms with van der Waals surface area (Å²) in [4.78, 5) is 44.3. The summed E-state index contributed by atoms with van der Waals surface area (Å²) in [7, 11) is 0. The molecule has 0 aromatic heterocycles. The van der Waals surface area contributed by atoms with Crippen LogP contribution in [0.4, 0.5) is 0 Å². The van der Waals surface area contributed by atoms with Gasteiger partial charge in [0.15, 0.2) is 0 Å². The number of unbranched alkanes of at least 4 members (excludes halogenated alkanes) is 2. The number of carbonyl (C=O) groups is 4.